The third-order valence-electron chi connectivity index (χ3n) is 4.32. The van der Waals surface area contributed by atoms with Crippen molar-refractivity contribution in [3.8, 4) is 16.5 Å². The average molecular weight is 396 g/mol. The summed E-state index contributed by atoms with van der Waals surface area (Å²) >= 11 is 7.36. The van der Waals surface area contributed by atoms with E-state index in [4.69, 9.17) is 21.5 Å². The average Bonchev–Trinajstić information content (AvgIpc) is 2.98. The highest BCUT2D eigenvalue weighted by molar-refractivity contribution is 7.19. The summed E-state index contributed by atoms with van der Waals surface area (Å²) < 4.78 is 6.47. The Kier molecular flexibility index (Phi) is 5.73. The molecule has 0 amide bonds. The molecule has 1 saturated carbocycles. The number of halogens is 1. The second-order valence-corrected chi connectivity index (χ2v) is 7.85. The van der Waals surface area contributed by atoms with Gasteiger partial charge in [-0.05, 0) is 38.7 Å². The number of carboxylic acids is 1. The number of carbonyl (C=O) groups is 1. The Morgan fingerprint density at radius 2 is 2.31 bits per heavy atom. The smallest absolute Gasteiger partial charge is 0.306 e. The molecule has 26 heavy (non-hydrogen) atoms. The normalized spacial score (nSPS) is 20.4. The Bertz CT molecular complexity index is 839. The number of carboxylic acid groups (broad SMARTS) is 1. The van der Waals surface area contributed by atoms with Crippen LogP contribution in [0.2, 0.25) is 4.34 Å². The van der Waals surface area contributed by atoms with Gasteiger partial charge in [0.2, 0.25) is 5.88 Å². The molecule has 0 aliphatic heterocycles. The van der Waals surface area contributed by atoms with Crippen LogP contribution in [0, 0.1) is 12.8 Å². The third-order valence-corrected chi connectivity index (χ3v) is 5.62. The molecule has 2 aromatic heterocycles. The Morgan fingerprint density at radius 3 is 3.00 bits per heavy atom. The van der Waals surface area contributed by atoms with E-state index in [0.717, 1.165) is 17.7 Å². The van der Waals surface area contributed by atoms with E-state index >= 15 is 0 Å². The van der Waals surface area contributed by atoms with Gasteiger partial charge in [-0.1, -0.05) is 16.8 Å². The van der Waals surface area contributed by atoms with Gasteiger partial charge in [0.05, 0.1) is 33.2 Å². The summed E-state index contributed by atoms with van der Waals surface area (Å²) in [4.78, 5) is 20.8. The molecule has 0 spiro atoms. The number of hydrogen-bond donors (Lipinski definition) is 2. The molecule has 1 aliphatic carbocycles. The Labute approximate surface area is 159 Å². The molecule has 0 saturated heterocycles. The zero-order valence-corrected chi connectivity index (χ0v) is 15.6. The van der Waals surface area contributed by atoms with E-state index in [0.29, 0.717) is 40.0 Å². The zero-order valence-electron chi connectivity index (χ0n) is 14.1. The lowest BCUT2D eigenvalue weighted by atomic mass is 9.87. The van der Waals surface area contributed by atoms with Crippen molar-refractivity contribution in [1.29, 1.82) is 0 Å². The van der Waals surface area contributed by atoms with Gasteiger partial charge in [-0.15, -0.1) is 11.3 Å². The molecule has 2 heterocycles. The van der Waals surface area contributed by atoms with Crippen LogP contribution >= 0.6 is 22.9 Å². The number of aromatic nitrogens is 2. The molecule has 2 aromatic rings. The first-order valence-corrected chi connectivity index (χ1v) is 9.37. The van der Waals surface area contributed by atoms with Crippen LogP contribution in [0.1, 0.15) is 36.9 Å². The number of nitrogens with zero attached hydrogens (tertiary/aromatic N) is 3. The molecule has 1 aliphatic rings. The van der Waals surface area contributed by atoms with E-state index in [9.17, 15) is 9.90 Å². The summed E-state index contributed by atoms with van der Waals surface area (Å²) in [5.74, 6) is -0.733. The molecule has 0 bridgehead atoms. The van der Waals surface area contributed by atoms with Gasteiger partial charge in [0.15, 0.2) is 0 Å². The van der Waals surface area contributed by atoms with Crippen molar-refractivity contribution in [1.82, 2.24) is 9.97 Å². The predicted octanol–water partition coefficient (Wildman–Crippen LogP) is 4.00. The maximum absolute atomic E-state index is 11.2. The summed E-state index contributed by atoms with van der Waals surface area (Å²) in [6, 6.07) is 1.69. The Balaban J connectivity index is 1.79. The van der Waals surface area contributed by atoms with E-state index in [1.807, 2.05) is 0 Å². The summed E-state index contributed by atoms with van der Waals surface area (Å²) in [6.45, 7) is 1.79. The van der Waals surface area contributed by atoms with Crippen LogP contribution in [0.4, 0.5) is 0 Å². The second-order valence-electron chi connectivity index (χ2n) is 6.17. The van der Waals surface area contributed by atoms with E-state index in [2.05, 4.69) is 15.1 Å². The summed E-state index contributed by atoms with van der Waals surface area (Å²) in [7, 11) is 0. The van der Waals surface area contributed by atoms with E-state index in [1.54, 1.807) is 19.2 Å². The Morgan fingerprint density at radius 1 is 1.50 bits per heavy atom. The van der Waals surface area contributed by atoms with E-state index < -0.39 is 5.97 Å². The quantitative estimate of drug-likeness (QED) is 0.450. The minimum atomic E-state index is -0.774. The number of aliphatic carboxylic acids is 1. The highest BCUT2D eigenvalue weighted by Crippen LogP contribution is 2.35. The second kappa shape index (κ2) is 8.01. The lowest BCUT2D eigenvalue weighted by Gasteiger charge is -2.27. The predicted molar refractivity (Wildman–Crippen MR) is 98.5 cm³/mol. The number of hydrogen-bond acceptors (Lipinski definition) is 7. The molecular weight excluding hydrogens is 378 g/mol. The van der Waals surface area contributed by atoms with Crippen LogP contribution in [-0.2, 0) is 4.79 Å². The van der Waals surface area contributed by atoms with E-state index in [-0.39, 0.29) is 12.0 Å². The highest BCUT2D eigenvalue weighted by atomic mass is 35.5. The first-order chi connectivity index (χ1) is 12.5. The van der Waals surface area contributed by atoms with Crippen molar-refractivity contribution in [3.05, 3.63) is 27.9 Å². The van der Waals surface area contributed by atoms with Crippen molar-refractivity contribution in [3.63, 3.8) is 0 Å². The summed E-state index contributed by atoms with van der Waals surface area (Å²) in [5.41, 5.74) is 1.87. The topological polar surface area (TPSA) is 105 Å². The zero-order chi connectivity index (χ0) is 18.7. The monoisotopic (exact) mass is 395 g/mol. The van der Waals surface area contributed by atoms with Crippen LogP contribution in [0.3, 0.4) is 0 Å². The molecule has 1 fully saturated rings. The fourth-order valence-electron chi connectivity index (χ4n) is 3.06. The van der Waals surface area contributed by atoms with Gasteiger partial charge < -0.3 is 15.1 Å². The lowest BCUT2D eigenvalue weighted by molar-refractivity contribution is -0.143. The van der Waals surface area contributed by atoms with Crippen LogP contribution in [0.25, 0.3) is 10.6 Å². The third kappa shape index (κ3) is 4.13. The molecule has 3 rings (SSSR count). The number of oxime groups is 1. The van der Waals surface area contributed by atoms with Gasteiger partial charge in [-0.2, -0.15) is 0 Å². The molecule has 0 unspecified atom stereocenters. The number of ether oxygens (including phenoxy) is 1. The van der Waals surface area contributed by atoms with Gasteiger partial charge in [0.1, 0.15) is 11.8 Å². The lowest BCUT2D eigenvalue weighted by Crippen LogP contribution is -2.30. The van der Waals surface area contributed by atoms with Gasteiger partial charge in [0, 0.05) is 5.56 Å². The minimum Gasteiger partial charge on any atom is -0.481 e. The van der Waals surface area contributed by atoms with Gasteiger partial charge in [-0.3, -0.25) is 4.79 Å². The SMILES string of the molecule is Cc1nc(-c2sc(Cl)cc2/C=N/O)cnc1O[C@H]1CCC[C@H](C(=O)O)C1. The summed E-state index contributed by atoms with van der Waals surface area (Å²) in [6.07, 6.45) is 5.51. The van der Waals surface area contributed by atoms with Crippen molar-refractivity contribution in [2.75, 3.05) is 0 Å². The molecule has 0 radical (unpaired) electrons. The first-order valence-electron chi connectivity index (χ1n) is 8.18. The van der Waals surface area contributed by atoms with Gasteiger partial charge in [-0.25, -0.2) is 9.97 Å². The van der Waals surface area contributed by atoms with Crippen LogP contribution in [-0.4, -0.2) is 38.6 Å². The van der Waals surface area contributed by atoms with Crippen molar-refractivity contribution in [2.24, 2.45) is 11.1 Å². The van der Waals surface area contributed by atoms with Crippen molar-refractivity contribution in [2.45, 2.75) is 38.7 Å². The van der Waals surface area contributed by atoms with Crippen LogP contribution in [0.5, 0.6) is 5.88 Å². The fourth-order valence-corrected chi connectivity index (χ4v) is 4.22. The fraction of sp³-hybridized carbons (Fsp3) is 0.412. The largest absolute Gasteiger partial charge is 0.481 e. The molecule has 9 heteroatoms. The molecule has 2 atom stereocenters. The van der Waals surface area contributed by atoms with Crippen molar-refractivity contribution < 1.29 is 19.8 Å². The molecule has 7 nitrogen and oxygen atoms in total. The first kappa shape index (κ1) is 18.6. The Hall–Kier alpha value is -2.19. The van der Waals surface area contributed by atoms with Gasteiger partial charge >= 0.3 is 5.97 Å². The van der Waals surface area contributed by atoms with Crippen LogP contribution < -0.4 is 4.74 Å². The standard InChI is InChI=1S/C17H18ClN3O4S/c1-9-16(25-12-4-2-3-10(5-12)17(22)23)19-8-13(21-9)15-11(7-20-24)6-14(18)26-15/h6-8,10,12,24H,2-5H2,1H3,(H,22,23)/b20-7+/t10-,12-/m0/s1. The molecule has 138 valence electrons. The number of thiophene rings is 1. The minimum absolute atomic E-state index is 0.169. The highest BCUT2D eigenvalue weighted by Gasteiger charge is 2.28. The molecular formula is C17H18ClN3O4S. The summed E-state index contributed by atoms with van der Waals surface area (Å²) in [5, 5.41) is 21.0. The van der Waals surface area contributed by atoms with Gasteiger partial charge in [0.25, 0.3) is 0 Å². The van der Waals surface area contributed by atoms with Crippen molar-refractivity contribution >= 4 is 35.1 Å². The maximum Gasteiger partial charge on any atom is 0.306 e. The van der Waals surface area contributed by atoms with Crippen LogP contribution in [0.15, 0.2) is 17.4 Å². The number of aryl methyl sites for hydroxylation is 1. The maximum atomic E-state index is 11.2. The molecule has 0 aromatic carbocycles. The molecule has 2 N–H and O–H groups in total. The van der Waals surface area contributed by atoms with E-state index in [1.165, 1.54) is 17.6 Å². The number of rotatable bonds is 5.